The van der Waals surface area contributed by atoms with Gasteiger partial charge >= 0.3 is 0 Å². The van der Waals surface area contributed by atoms with Gasteiger partial charge in [0.2, 0.25) is 5.91 Å². The number of benzene rings is 1. The zero-order chi connectivity index (χ0) is 13.0. The molecule has 1 fully saturated rings. The molecule has 0 aliphatic carbocycles. The van der Waals surface area contributed by atoms with E-state index in [1.165, 1.54) is 18.2 Å². The standard InChI is InChI=1S/C13H14FN3O/c14-12-2-1-10(8-15)11(7-12)9-17-5-3-13(18)16-4-6-17/h1-2,7H,3-6,9H2,(H,16,18). The van der Waals surface area contributed by atoms with Crippen molar-refractivity contribution in [1.29, 1.82) is 5.26 Å². The lowest BCUT2D eigenvalue weighted by Gasteiger charge is -2.19. The maximum atomic E-state index is 13.2. The Balaban J connectivity index is 2.11. The van der Waals surface area contributed by atoms with E-state index in [0.717, 1.165) is 0 Å². The molecule has 0 aromatic heterocycles. The SMILES string of the molecule is N#Cc1ccc(F)cc1CN1CCNC(=O)CC1. The van der Waals surface area contributed by atoms with Crippen LogP contribution < -0.4 is 5.32 Å². The molecule has 1 heterocycles. The number of rotatable bonds is 2. The van der Waals surface area contributed by atoms with Crippen LogP contribution in [-0.2, 0) is 11.3 Å². The van der Waals surface area contributed by atoms with Crippen LogP contribution in [0.3, 0.4) is 0 Å². The van der Waals surface area contributed by atoms with E-state index in [4.69, 9.17) is 5.26 Å². The van der Waals surface area contributed by atoms with E-state index < -0.39 is 0 Å². The van der Waals surface area contributed by atoms with Crippen molar-refractivity contribution < 1.29 is 9.18 Å². The molecule has 0 saturated carbocycles. The van der Waals surface area contributed by atoms with Gasteiger partial charge in [0.05, 0.1) is 11.6 Å². The van der Waals surface area contributed by atoms with Crippen LogP contribution >= 0.6 is 0 Å². The Bertz CT molecular complexity index is 495. The number of carbonyl (C=O) groups excluding carboxylic acids is 1. The van der Waals surface area contributed by atoms with Crippen molar-refractivity contribution in [2.45, 2.75) is 13.0 Å². The molecule has 18 heavy (non-hydrogen) atoms. The Hall–Kier alpha value is -1.93. The average molecular weight is 247 g/mol. The molecule has 0 spiro atoms. The van der Waals surface area contributed by atoms with Gasteiger partial charge in [0.25, 0.3) is 0 Å². The number of carbonyl (C=O) groups is 1. The van der Waals surface area contributed by atoms with Crippen LogP contribution in [0, 0.1) is 17.1 Å². The first kappa shape index (κ1) is 12.5. The van der Waals surface area contributed by atoms with Crippen LogP contribution in [0.25, 0.3) is 0 Å². The minimum Gasteiger partial charge on any atom is -0.355 e. The molecule has 5 heteroatoms. The fourth-order valence-electron chi connectivity index (χ4n) is 2.01. The van der Waals surface area contributed by atoms with Gasteiger partial charge in [-0.15, -0.1) is 0 Å². The highest BCUT2D eigenvalue weighted by Crippen LogP contribution is 2.13. The van der Waals surface area contributed by atoms with Crippen LogP contribution in [0.2, 0.25) is 0 Å². The molecule has 1 aromatic rings. The zero-order valence-electron chi connectivity index (χ0n) is 9.95. The maximum absolute atomic E-state index is 13.2. The fraction of sp³-hybridized carbons (Fsp3) is 0.385. The van der Waals surface area contributed by atoms with Crippen molar-refractivity contribution in [1.82, 2.24) is 10.2 Å². The van der Waals surface area contributed by atoms with Crippen LogP contribution in [0.5, 0.6) is 0 Å². The molecule has 0 radical (unpaired) electrons. The van der Waals surface area contributed by atoms with Gasteiger partial charge in [-0.05, 0) is 23.8 Å². The first-order valence-corrected chi connectivity index (χ1v) is 5.86. The Morgan fingerprint density at radius 3 is 3.06 bits per heavy atom. The quantitative estimate of drug-likeness (QED) is 0.849. The molecule has 0 atom stereocenters. The largest absolute Gasteiger partial charge is 0.355 e. The van der Waals surface area contributed by atoms with Gasteiger partial charge in [0, 0.05) is 32.6 Å². The van der Waals surface area contributed by atoms with Crippen molar-refractivity contribution in [3.8, 4) is 6.07 Å². The zero-order valence-corrected chi connectivity index (χ0v) is 9.95. The van der Waals surface area contributed by atoms with Crippen molar-refractivity contribution in [3.05, 3.63) is 35.1 Å². The fourth-order valence-corrected chi connectivity index (χ4v) is 2.01. The lowest BCUT2D eigenvalue weighted by Crippen LogP contribution is -2.28. The van der Waals surface area contributed by atoms with Gasteiger partial charge < -0.3 is 5.32 Å². The Morgan fingerprint density at radius 1 is 1.44 bits per heavy atom. The smallest absolute Gasteiger partial charge is 0.221 e. The molecule has 94 valence electrons. The highest BCUT2D eigenvalue weighted by atomic mass is 19.1. The van der Waals surface area contributed by atoms with E-state index in [1.54, 1.807) is 0 Å². The first-order chi connectivity index (χ1) is 8.69. The summed E-state index contributed by atoms with van der Waals surface area (Å²) in [6, 6.07) is 6.23. The second-order valence-electron chi connectivity index (χ2n) is 4.29. The second-order valence-corrected chi connectivity index (χ2v) is 4.29. The van der Waals surface area contributed by atoms with E-state index in [1.807, 2.05) is 4.90 Å². The molecule has 0 bridgehead atoms. The summed E-state index contributed by atoms with van der Waals surface area (Å²) in [4.78, 5) is 13.3. The first-order valence-electron chi connectivity index (χ1n) is 5.86. The predicted octanol–water partition coefficient (Wildman–Crippen LogP) is 1.02. The molecule has 1 saturated heterocycles. The molecule has 1 aromatic carbocycles. The van der Waals surface area contributed by atoms with E-state index in [9.17, 15) is 9.18 Å². The van der Waals surface area contributed by atoms with Crippen LogP contribution in [0.4, 0.5) is 4.39 Å². The van der Waals surface area contributed by atoms with E-state index >= 15 is 0 Å². The number of nitrogens with zero attached hydrogens (tertiary/aromatic N) is 2. The molecular weight excluding hydrogens is 233 g/mol. The number of amides is 1. The van der Waals surface area contributed by atoms with E-state index in [2.05, 4.69) is 11.4 Å². The average Bonchev–Trinajstić information content (AvgIpc) is 2.55. The number of hydrogen-bond donors (Lipinski definition) is 1. The highest BCUT2D eigenvalue weighted by Gasteiger charge is 2.15. The lowest BCUT2D eigenvalue weighted by molar-refractivity contribution is -0.120. The third-order valence-electron chi connectivity index (χ3n) is 2.99. The van der Waals surface area contributed by atoms with Crippen molar-refractivity contribution >= 4 is 5.91 Å². The van der Waals surface area contributed by atoms with Crippen LogP contribution in [0.1, 0.15) is 17.5 Å². The van der Waals surface area contributed by atoms with E-state index in [0.29, 0.717) is 43.7 Å². The van der Waals surface area contributed by atoms with Gasteiger partial charge in [-0.2, -0.15) is 5.26 Å². The number of nitrogens with one attached hydrogen (secondary N) is 1. The van der Waals surface area contributed by atoms with Gasteiger partial charge in [0.1, 0.15) is 5.82 Å². The van der Waals surface area contributed by atoms with Crippen molar-refractivity contribution in [2.75, 3.05) is 19.6 Å². The lowest BCUT2D eigenvalue weighted by atomic mass is 10.1. The third kappa shape index (κ3) is 3.05. The number of nitriles is 1. The second kappa shape index (κ2) is 5.61. The molecule has 1 amide bonds. The normalized spacial score (nSPS) is 16.8. The predicted molar refractivity (Wildman–Crippen MR) is 64.0 cm³/mol. The third-order valence-corrected chi connectivity index (χ3v) is 2.99. The molecular formula is C13H14FN3O. The van der Waals surface area contributed by atoms with Crippen molar-refractivity contribution in [3.63, 3.8) is 0 Å². The summed E-state index contributed by atoms with van der Waals surface area (Å²) in [5, 5.41) is 11.8. The van der Waals surface area contributed by atoms with Crippen LogP contribution in [0.15, 0.2) is 18.2 Å². The number of halogens is 1. The topological polar surface area (TPSA) is 56.1 Å². The molecule has 2 rings (SSSR count). The van der Waals surface area contributed by atoms with E-state index in [-0.39, 0.29) is 11.7 Å². The minimum absolute atomic E-state index is 0.0391. The van der Waals surface area contributed by atoms with Gasteiger partial charge in [0.15, 0.2) is 0 Å². The summed E-state index contributed by atoms with van der Waals surface area (Å²) in [5.41, 5.74) is 1.16. The van der Waals surface area contributed by atoms with Crippen molar-refractivity contribution in [2.24, 2.45) is 0 Å². The highest BCUT2D eigenvalue weighted by molar-refractivity contribution is 5.76. The summed E-state index contributed by atoms with van der Waals surface area (Å²) in [7, 11) is 0. The molecule has 1 aliphatic rings. The minimum atomic E-state index is -0.340. The van der Waals surface area contributed by atoms with Gasteiger partial charge in [-0.25, -0.2) is 4.39 Å². The molecule has 1 aliphatic heterocycles. The Kier molecular flexibility index (Phi) is 3.90. The molecule has 1 N–H and O–H groups in total. The summed E-state index contributed by atoms with van der Waals surface area (Å²) in [5.74, 6) is -0.301. The van der Waals surface area contributed by atoms with Crippen LogP contribution in [-0.4, -0.2) is 30.4 Å². The molecule has 4 nitrogen and oxygen atoms in total. The van der Waals surface area contributed by atoms with Gasteiger partial charge in [-0.1, -0.05) is 0 Å². The summed E-state index contributed by atoms with van der Waals surface area (Å²) in [6.45, 7) is 2.44. The van der Waals surface area contributed by atoms with Gasteiger partial charge in [-0.3, -0.25) is 9.69 Å². The maximum Gasteiger partial charge on any atom is 0.221 e. The Morgan fingerprint density at radius 2 is 2.28 bits per heavy atom. The summed E-state index contributed by atoms with van der Waals surface area (Å²) >= 11 is 0. The Labute approximate surface area is 105 Å². The summed E-state index contributed by atoms with van der Waals surface area (Å²) in [6.07, 6.45) is 0.442. The molecule has 0 unspecified atom stereocenters. The monoisotopic (exact) mass is 247 g/mol. The summed E-state index contributed by atoms with van der Waals surface area (Å²) < 4.78 is 13.2. The number of hydrogen-bond acceptors (Lipinski definition) is 3.